The topological polar surface area (TPSA) is 86.8 Å². The Kier molecular flexibility index (Phi) is 9.34. The molecule has 1 atom stereocenters. The maximum absolute atomic E-state index is 13.8. The quantitative estimate of drug-likeness (QED) is 0.413. The molecule has 0 heterocycles. The van der Waals surface area contributed by atoms with Gasteiger partial charge in [0, 0.05) is 18.6 Å². The van der Waals surface area contributed by atoms with Gasteiger partial charge in [-0.1, -0.05) is 65.7 Å². The van der Waals surface area contributed by atoms with Crippen LogP contribution in [0.4, 0.5) is 5.69 Å². The van der Waals surface area contributed by atoms with Crippen LogP contribution in [0.3, 0.4) is 0 Å². The molecule has 0 spiro atoms. The van der Waals surface area contributed by atoms with Crippen molar-refractivity contribution < 1.29 is 18.0 Å². The number of nitrogens with one attached hydrogen (secondary N) is 1. The number of benzene rings is 3. The van der Waals surface area contributed by atoms with Crippen molar-refractivity contribution in [2.45, 2.75) is 38.1 Å². The minimum Gasteiger partial charge on any atom is -0.357 e. The highest BCUT2D eigenvalue weighted by molar-refractivity contribution is 7.92. The summed E-state index contributed by atoms with van der Waals surface area (Å²) >= 11 is 6.33. The highest BCUT2D eigenvalue weighted by Gasteiger charge is 2.32. The first-order chi connectivity index (χ1) is 17.5. The molecule has 3 aromatic carbocycles. The van der Waals surface area contributed by atoms with E-state index in [9.17, 15) is 18.0 Å². The summed E-state index contributed by atoms with van der Waals surface area (Å²) in [4.78, 5) is 27.7. The van der Waals surface area contributed by atoms with Crippen LogP contribution in [-0.2, 0) is 26.0 Å². The number of rotatable bonds is 10. The first kappa shape index (κ1) is 28.2. The summed E-state index contributed by atoms with van der Waals surface area (Å²) in [5.41, 5.74) is 2.95. The van der Waals surface area contributed by atoms with E-state index in [0.29, 0.717) is 11.4 Å². The molecule has 0 aromatic heterocycles. The first-order valence-corrected chi connectivity index (χ1v) is 13.8. The second-order valence-electron chi connectivity index (χ2n) is 8.87. The monoisotopic (exact) mass is 541 g/mol. The summed E-state index contributed by atoms with van der Waals surface area (Å²) in [5, 5.41) is 2.96. The third-order valence-electron chi connectivity index (χ3n) is 6.23. The molecule has 0 fully saturated rings. The fraction of sp³-hybridized carbons (Fsp3) is 0.286. The molecule has 1 N–H and O–H groups in total. The number of likely N-dealkylation sites (N-methyl/N-ethyl adjacent to an activating group) is 1. The van der Waals surface area contributed by atoms with Gasteiger partial charge in [0.05, 0.1) is 10.6 Å². The van der Waals surface area contributed by atoms with Crippen LogP contribution in [-0.4, -0.2) is 51.3 Å². The summed E-state index contributed by atoms with van der Waals surface area (Å²) in [6.07, 6.45) is 0.509. The molecule has 196 valence electrons. The molecule has 0 bridgehead atoms. The van der Waals surface area contributed by atoms with Gasteiger partial charge in [-0.05, 0) is 62.6 Å². The Hall–Kier alpha value is -3.36. The van der Waals surface area contributed by atoms with Gasteiger partial charge in [0.1, 0.15) is 12.6 Å². The molecule has 37 heavy (non-hydrogen) atoms. The van der Waals surface area contributed by atoms with Gasteiger partial charge < -0.3 is 10.2 Å². The average Bonchev–Trinajstić information content (AvgIpc) is 2.89. The average molecular weight is 542 g/mol. The van der Waals surface area contributed by atoms with Crippen LogP contribution in [0.5, 0.6) is 0 Å². The van der Waals surface area contributed by atoms with Gasteiger partial charge in [0.25, 0.3) is 10.0 Å². The Morgan fingerprint density at radius 2 is 1.62 bits per heavy atom. The molecule has 0 aliphatic carbocycles. The zero-order chi connectivity index (χ0) is 27.2. The van der Waals surface area contributed by atoms with E-state index < -0.39 is 28.5 Å². The number of hydrogen-bond acceptors (Lipinski definition) is 4. The maximum atomic E-state index is 13.8. The standard InChI is InChI=1S/C28H32ClN3O4S/c1-20-10-14-25(15-11-20)37(35,36)32(24-13-12-21(2)26(29)18-24)19-27(33)31(22(3)28(34)30-4)17-16-23-8-6-5-7-9-23/h5-15,18,22H,16-17,19H2,1-4H3,(H,30,34)/t22-/m0/s1. The van der Waals surface area contributed by atoms with Crippen LogP contribution in [0.1, 0.15) is 23.6 Å². The number of anilines is 1. The number of aryl methyl sites for hydroxylation is 2. The Labute approximate surface area is 224 Å². The Morgan fingerprint density at radius 3 is 2.22 bits per heavy atom. The lowest BCUT2D eigenvalue weighted by Crippen LogP contribution is -2.51. The zero-order valence-electron chi connectivity index (χ0n) is 21.4. The number of sulfonamides is 1. The van der Waals surface area contributed by atoms with Crippen LogP contribution in [0.15, 0.2) is 77.7 Å². The Bertz CT molecular complexity index is 1350. The van der Waals surface area contributed by atoms with E-state index in [2.05, 4.69) is 5.32 Å². The number of halogens is 1. The zero-order valence-corrected chi connectivity index (χ0v) is 23.0. The first-order valence-electron chi connectivity index (χ1n) is 11.9. The van der Waals surface area contributed by atoms with Gasteiger partial charge in [0.15, 0.2) is 0 Å². The SMILES string of the molecule is CNC(=O)[C@H](C)N(CCc1ccccc1)C(=O)CN(c1ccc(C)c(Cl)c1)S(=O)(=O)c1ccc(C)cc1. The van der Waals surface area contributed by atoms with Crippen LogP contribution >= 0.6 is 11.6 Å². The van der Waals surface area contributed by atoms with Gasteiger partial charge in [-0.15, -0.1) is 0 Å². The maximum Gasteiger partial charge on any atom is 0.264 e. The van der Waals surface area contributed by atoms with Crippen LogP contribution in [0.25, 0.3) is 0 Å². The van der Waals surface area contributed by atoms with Crippen molar-refractivity contribution in [1.82, 2.24) is 10.2 Å². The molecule has 0 unspecified atom stereocenters. The molecule has 3 rings (SSSR count). The molecule has 0 saturated heterocycles. The molecular weight excluding hydrogens is 510 g/mol. The lowest BCUT2D eigenvalue weighted by atomic mass is 10.1. The smallest absolute Gasteiger partial charge is 0.264 e. The number of carbonyl (C=O) groups excluding carboxylic acids is 2. The molecule has 2 amide bonds. The minimum atomic E-state index is -4.12. The molecule has 3 aromatic rings. The lowest BCUT2D eigenvalue weighted by molar-refractivity contribution is -0.138. The van der Waals surface area contributed by atoms with Crippen LogP contribution in [0, 0.1) is 13.8 Å². The normalized spacial score (nSPS) is 12.0. The highest BCUT2D eigenvalue weighted by atomic mass is 35.5. The van der Waals surface area contributed by atoms with E-state index in [0.717, 1.165) is 21.0 Å². The largest absolute Gasteiger partial charge is 0.357 e. The van der Waals surface area contributed by atoms with Crippen molar-refractivity contribution in [2.75, 3.05) is 24.4 Å². The lowest BCUT2D eigenvalue weighted by Gasteiger charge is -2.32. The van der Waals surface area contributed by atoms with E-state index in [1.54, 1.807) is 31.2 Å². The van der Waals surface area contributed by atoms with E-state index in [1.165, 1.54) is 30.1 Å². The summed E-state index contributed by atoms with van der Waals surface area (Å²) in [5.74, 6) is -0.841. The van der Waals surface area contributed by atoms with E-state index in [-0.39, 0.29) is 23.0 Å². The van der Waals surface area contributed by atoms with Crippen LogP contribution < -0.4 is 9.62 Å². The molecule has 0 saturated carbocycles. The van der Waals surface area contributed by atoms with Gasteiger partial charge in [-0.3, -0.25) is 13.9 Å². The van der Waals surface area contributed by atoms with E-state index in [4.69, 9.17) is 11.6 Å². The second-order valence-corrected chi connectivity index (χ2v) is 11.1. The summed E-state index contributed by atoms with van der Waals surface area (Å²) < 4.78 is 28.6. The minimum absolute atomic E-state index is 0.0535. The van der Waals surface area contributed by atoms with Gasteiger partial charge >= 0.3 is 0 Å². The van der Waals surface area contributed by atoms with E-state index >= 15 is 0 Å². The molecule has 0 aliphatic heterocycles. The van der Waals surface area contributed by atoms with Crippen molar-refractivity contribution >= 4 is 39.1 Å². The van der Waals surface area contributed by atoms with Crippen molar-refractivity contribution in [3.8, 4) is 0 Å². The van der Waals surface area contributed by atoms with Crippen LogP contribution in [0.2, 0.25) is 5.02 Å². The number of nitrogens with zero attached hydrogens (tertiary/aromatic N) is 2. The molecule has 0 aliphatic rings. The third-order valence-corrected chi connectivity index (χ3v) is 8.42. The van der Waals surface area contributed by atoms with Gasteiger partial charge in [0.2, 0.25) is 11.8 Å². The second kappa shape index (κ2) is 12.3. The van der Waals surface area contributed by atoms with E-state index in [1.807, 2.05) is 44.2 Å². The van der Waals surface area contributed by atoms with Crippen molar-refractivity contribution in [1.29, 1.82) is 0 Å². The van der Waals surface area contributed by atoms with Crippen molar-refractivity contribution in [3.63, 3.8) is 0 Å². The number of amides is 2. The predicted octanol–water partition coefficient (Wildman–Crippen LogP) is 4.36. The third kappa shape index (κ3) is 6.90. The number of hydrogen-bond donors (Lipinski definition) is 1. The summed E-state index contributed by atoms with van der Waals surface area (Å²) in [6, 6.07) is 20.1. The summed E-state index contributed by atoms with van der Waals surface area (Å²) in [7, 11) is -2.62. The molecule has 0 radical (unpaired) electrons. The fourth-order valence-corrected chi connectivity index (χ4v) is 5.46. The molecular formula is C28H32ClN3O4S. The van der Waals surface area contributed by atoms with Gasteiger partial charge in [-0.2, -0.15) is 0 Å². The van der Waals surface area contributed by atoms with Gasteiger partial charge in [-0.25, -0.2) is 8.42 Å². The summed E-state index contributed by atoms with van der Waals surface area (Å²) in [6.45, 7) is 5.05. The molecule has 9 heteroatoms. The van der Waals surface area contributed by atoms with Crippen molar-refractivity contribution in [2.24, 2.45) is 0 Å². The van der Waals surface area contributed by atoms with Crippen molar-refractivity contribution in [3.05, 3.63) is 94.5 Å². The Balaban J connectivity index is 2.00. The highest BCUT2D eigenvalue weighted by Crippen LogP contribution is 2.28. The fourth-order valence-electron chi connectivity index (χ4n) is 3.88. The predicted molar refractivity (Wildman–Crippen MR) is 147 cm³/mol. The Morgan fingerprint density at radius 1 is 0.973 bits per heavy atom. The number of carbonyl (C=O) groups is 2. The molecule has 7 nitrogen and oxygen atoms in total.